The van der Waals surface area contributed by atoms with Gasteiger partial charge in [-0.05, 0) is 49.4 Å². The summed E-state index contributed by atoms with van der Waals surface area (Å²) in [5.74, 6) is 1.38. The predicted molar refractivity (Wildman–Crippen MR) is 112 cm³/mol. The summed E-state index contributed by atoms with van der Waals surface area (Å²) in [5.41, 5.74) is 2.10. The Hall–Kier alpha value is -2.83. The highest BCUT2D eigenvalue weighted by molar-refractivity contribution is 6.04. The number of methoxy groups -OCH3 is 1. The average Bonchev–Trinajstić information content (AvgIpc) is 3.20. The molecule has 0 aliphatic carbocycles. The lowest BCUT2D eigenvalue weighted by molar-refractivity contribution is -0.132. The molecule has 156 valence electrons. The number of ether oxygens (including phenoxy) is 1. The van der Waals surface area contributed by atoms with Crippen LogP contribution in [0.1, 0.15) is 61.5 Å². The largest absolute Gasteiger partial charge is 0.497 e. The number of rotatable bonds is 7. The van der Waals surface area contributed by atoms with E-state index in [4.69, 9.17) is 4.74 Å². The van der Waals surface area contributed by atoms with Crippen LogP contribution in [0.5, 0.6) is 5.75 Å². The first-order valence-corrected chi connectivity index (χ1v) is 10.2. The van der Waals surface area contributed by atoms with Crippen LogP contribution in [0.4, 0.5) is 5.69 Å². The molecule has 1 aliphatic rings. The number of aromatic amines is 1. The van der Waals surface area contributed by atoms with Crippen molar-refractivity contribution in [2.24, 2.45) is 5.92 Å². The van der Waals surface area contributed by atoms with Crippen molar-refractivity contribution in [1.29, 1.82) is 0 Å². The van der Waals surface area contributed by atoms with E-state index in [0.29, 0.717) is 35.9 Å². The molecule has 0 bridgehead atoms. The standard InChI is InChI=1S/C22H30N4O3/c1-15(2)6-11-20(27)26-12-4-5-17(14-26)21-19(13-23-25-21)24-22(28)16-7-9-18(29-3)10-8-16/h7-10,13,15,17H,4-6,11-12,14H2,1-3H3,(H,23,25)(H,24,28). The molecule has 0 spiro atoms. The lowest BCUT2D eigenvalue weighted by Crippen LogP contribution is -2.39. The molecule has 2 heterocycles. The molecule has 29 heavy (non-hydrogen) atoms. The first-order valence-electron chi connectivity index (χ1n) is 10.2. The molecule has 2 N–H and O–H groups in total. The fourth-order valence-electron chi connectivity index (χ4n) is 3.65. The minimum Gasteiger partial charge on any atom is -0.497 e. The van der Waals surface area contributed by atoms with E-state index < -0.39 is 0 Å². The van der Waals surface area contributed by atoms with Gasteiger partial charge in [-0.1, -0.05) is 13.8 Å². The van der Waals surface area contributed by atoms with Crippen LogP contribution in [0.25, 0.3) is 0 Å². The number of anilines is 1. The molecule has 7 nitrogen and oxygen atoms in total. The Bertz CT molecular complexity index is 829. The molecular weight excluding hydrogens is 368 g/mol. The second-order valence-electron chi connectivity index (χ2n) is 7.99. The van der Waals surface area contributed by atoms with Crippen LogP contribution in [0.3, 0.4) is 0 Å². The van der Waals surface area contributed by atoms with Gasteiger partial charge in [-0.2, -0.15) is 5.10 Å². The fourth-order valence-corrected chi connectivity index (χ4v) is 3.65. The lowest BCUT2D eigenvalue weighted by atomic mass is 9.93. The van der Waals surface area contributed by atoms with Crippen LogP contribution < -0.4 is 10.1 Å². The van der Waals surface area contributed by atoms with Gasteiger partial charge < -0.3 is 15.0 Å². The Morgan fingerprint density at radius 2 is 2.07 bits per heavy atom. The zero-order valence-corrected chi connectivity index (χ0v) is 17.4. The second kappa shape index (κ2) is 9.58. The smallest absolute Gasteiger partial charge is 0.255 e. The van der Waals surface area contributed by atoms with Crippen molar-refractivity contribution in [3.8, 4) is 5.75 Å². The highest BCUT2D eigenvalue weighted by Gasteiger charge is 2.27. The van der Waals surface area contributed by atoms with Gasteiger partial charge in [-0.25, -0.2) is 0 Å². The highest BCUT2D eigenvalue weighted by atomic mass is 16.5. The number of carbonyl (C=O) groups excluding carboxylic acids is 2. The number of benzene rings is 1. The number of carbonyl (C=O) groups is 2. The summed E-state index contributed by atoms with van der Waals surface area (Å²) < 4.78 is 5.13. The van der Waals surface area contributed by atoms with Gasteiger partial charge in [0.1, 0.15) is 5.75 Å². The topological polar surface area (TPSA) is 87.3 Å². The average molecular weight is 399 g/mol. The number of likely N-dealkylation sites (tertiary alicyclic amines) is 1. The zero-order chi connectivity index (χ0) is 20.8. The van der Waals surface area contributed by atoms with Gasteiger partial charge >= 0.3 is 0 Å². The normalized spacial score (nSPS) is 16.7. The van der Waals surface area contributed by atoms with Crippen LogP contribution in [-0.4, -0.2) is 47.1 Å². The van der Waals surface area contributed by atoms with Crippen molar-refractivity contribution in [3.63, 3.8) is 0 Å². The molecule has 2 aromatic rings. The highest BCUT2D eigenvalue weighted by Crippen LogP contribution is 2.31. The summed E-state index contributed by atoms with van der Waals surface area (Å²) in [4.78, 5) is 27.1. The van der Waals surface area contributed by atoms with Crippen LogP contribution in [0.2, 0.25) is 0 Å². The van der Waals surface area contributed by atoms with Crippen molar-refractivity contribution < 1.29 is 14.3 Å². The van der Waals surface area contributed by atoms with Gasteiger partial charge in [0.25, 0.3) is 5.91 Å². The maximum absolute atomic E-state index is 12.6. The lowest BCUT2D eigenvalue weighted by Gasteiger charge is -2.33. The molecule has 2 amide bonds. The van der Waals surface area contributed by atoms with Gasteiger partial charge in [0.15, 0.2) is 0 Å². The van der Waals surface area contributed by atoms with Crippen molar-refractivity contribution >= 4 is 17.5 Å². The van der Waals surface area contributed by atoms with Gasteiger partial charge in [0, 0.05) is 31.0 Å². The van der Waals surface area contributed by atoms with E-state index in [9.17, 15) is 9.59 Å². The predicted octanol–water partition coefficient (Wildman–Crippen LogP) is 3.81. The van der Waals surface area contributed by atoms with Crippen molar-refractivity contribution in [2.75, 3.05) is 25.5 Å². The van der Waals surface area contributed by atoms with E-state index in [0.717, 1.165) is 31.5 Å². The van der Waals surface area contributed by atoms with E-state index in [2.05, 4.69) is 29.4 Å². The molecule has 1 saturated heterocycles. The molecule has 1 unspecified atom stereocenters. The Morgan fingerprint density at radius 1 is 1.31 bits per heavy atom. The van der Waals surface area contributed by atoms with Gasteiger partial charge in [0.05, 0.1) is 24.7 Å². The van der Waals surface area contributed by atoms with Crippen LogP contribution >= 0.6 is 0 Å². The minimum atomic E-state index is -0.198. The molecule has 7 heteroatoms. The third-order valence-corrected chi connectivity index (χ3v) is 5.39. The third-order valence-electron chi connectivity index (χ3n) is 5.39. The van der Waals surface area contributed by atoms with Gasteiger partial charge in [-0.15, -0.1) is 0 Å². The molecule has 1 fully saturated rings. The summed E-state index contributed by atoms with van der Waals surface area (Å²) in [7, 11) is 1.59. The zero-order valence-electron chi connectivity index (χ0n) is 17.4. The number of aromatic nitrogens is 2. The van der Waals surface area contributed by atoms with Crippen LogP contribution in [0, 0.1) is 5.92 Å². The quantitative estimate of drug-likeness (QED) is 0.742. The van der Waals surface area contributed by atoms with E-state index in [-0.39, 0.29) is 17.7 Å². The van der Waals surface area contributed by atoms with E-state index in [1.165, 1.54) is 0 Å². The summed E-state index contributed by atoms with van der Waals surface area (Å²) in [5, 5.41) is 10.1. The summed E-state index contributed by atoms with van der Waals surface area (Å²) in [6, 6.07) is 6.97. The monoisotopic (exact) mass is 398 g/mol. The fraction of sp³-hybridized carbons (Fsp3) is 0.500. The molecular formula is C22H30N4O3. The first-order chi connectivity index (χ1) is 14.0. The number of hydrogen-bond acceptors (Lipinski definition) is 4. The number of nitrogens with one attached hydrogen (secondary N) is 2. The van der Waals surface area contributed by atoms with Gasteiger partial charge in [-0.3, -0.25) is 14.7 Å². The first kappa shape index (κ1) is 20.9. The Labute approximate surface area is 171 Å². The Kier molecular flexibility index (Phi) is 6.90. The van der Waals surface area contributed by atoms with Gasteiger partial charge in [0.2, 0.25) is 5.91 Å². The maximum Gasteiger partial charge on any atom is 0.255 e. The number of nitrogens with zero attached hydrogens (tertiary/aromatic N) is 2. The number of H-pyrrole nitrogens is 1. The SMILES string of the molecule is COc1ccc(C(=O)Nc2cn[nH]c2C2CCCN(C(=O)CCC(C)C)C2)cc1. The maximum atomic E-state index is 12.6. The molecule has 3 rings (SSSR count). The number of hydrogen-bond donors (Lipinski definition) is 2. The molecule has 0 radical (unpaired) electrons. The molecule has 1 atom stereocenters. The number of piperidine rings is 1. The molecule has 0 saturated carbocycles. The van der Waals surface area contributed by atoms with E-state index in [1.807, 2.05) is 4.90 Å². The van der Waals surface area contributed by atoms with Crippen LogP contribution in [-0.2, 0) is 4.79 Å². The third kappa shape index (κ3) is 5.37. The van der Waals surface area contributed by atoms with E-state index in [1.54, 1.807) is 37.6 Å². The van der Waals surface area contributed by atoms with Crippen molar-refractivity contribution in [1.82, 2.24) is 15.1 Å². The number of amides is 2. The minimum absolute atomic E-state index is 0.139. The molecule has 1 aliphatic heterocycles. The van der Waals surface area contributed by atoms with Crippen LogP contribution in [0.15, 0.2) is 30.5 Å². The molecule has 1 aromatic carbocycles. The summed E-state index contributed by atoms with van der Waals surface area (Å²) >= 11 is 0. The Balaban J connectivity index is 1.65. The summed E-state index contributed by atoms with van der Waals surface area (Å²) in [6.07, 6.45) is 5.04. The van der Waals surface area contributed by atoms with Crippen molar-refractivity contribution in [3.05, 3.63) is 41.7 Å². The van der Waals surface area contributed by atoms with E-state index >= 15 is 0 Å². The second-order valence-corrected chi connectivity index (χ2v) is 7.99. The van der Waals surface area contributed by atoms with Crippen molar-refractivity contribution in [2.45, 2.75) is 45.4 Å². The Morgan fingerprint density at radius 3 is 2.76 bits per heavy atom. The summed E-state index contributed by atoms with van der Waals surface area (Å²) in [6.45, 7) is 5.73. The molecule has 1 aromatic heterocycles.